The second kappa shape index (κ2) is 29.7. The molecule has 0 spiro atoms. The van der Waals surface area contributed by atoms with Crippen molar-refractivity contribution in [3.05, 3.63) is 83.0 Å². The molecule has 2 aromatic heterocycles. The van der Waals surface area contributed by atoms with Gasteiger partial charge in [-0.2, -0.15) is 0 Å². The predicted molar refractivity (Wildman–Crippen MR) is 195 cm³/mol. The molecule has 6 N–H and O–H groups in total. The minimum absolute atomic E-state index is 0.0749. The van der Waals surface area contributed by atoms with Crippen LogP contribution < -0.4 is 11.5 Å². The minimum atomic E-state index is -1.01. The van der Waals surface area contributed by atoms with E-state index in [-0.39, 0.29) is 11.4 Å². The van der Waals surface area contributed by atoms with Crippen molar-refractivity contribution in [3.63, 3.8) is 0 Å². The molecule has 10 heteroatoms. The van der Waals surface area contributed by atoms with Crippen LogP contribution in [0.1, 0.15) is 118 Å². The van der Waals surface area contributed by atoms with Crippen molar-refractivity contribution in [3.8, 4) is 0 Å². The summed E-state index contributed by atoms with van der Waals surface area (Å²) in [5.74, 6) is -1.19. The summed E-state index contributed by atoms with van der Waals surface area (Å²) in [4.78, 5) is 30.0. The number of aryl methyl sites for hydroxylation is 2. The summed E-state index contributed by atoms with van der Waals surface area (Å²) in [6, 6.07) is 10.1. The van der Waals surface area contributed by atoms with Gasteiger partial charge in [-0.15, -0.1) is 0 Å². The molecule has 1 atom stereocenters. The maximum absolute atomic E-state index is 10.9. The minimum Gasteiger partial charge on any atom is -0.477 e. The Morgan fingerprint density at radius 1 is 0.854 bits per heavy atom. The van der Waals surface area contributed by atoms with Crippen LogP contribution in [-0.2, 0) is 22.3 Å². The summed E-state index contributed by atoms with van der Waals surface area (Å²) in [6.45, 7) is 16.4. The van der Waals surface area contributed by atoms with Gasteiger partial charge in [0, 0.05) is 24.6 Å². The molecule has 1 saturated carbocycles. The number of ether oxygens (including phenoxy) is 2. The van der Waals surface area contributed by atoms with Crippen LogP contribution in [0.15, 0.2) is 60.2 Å². The van der Waals surface area contributed by atoms with Gasteiger partial charge in [-0.3, -0.25) is 0 Å². The fourth-order valence-electron chi connectivity index (χ4n) is 4.51. The van der Waals surface area contributed by atoms with Gasteiger partial charge in [-0.1, -0.05) is 58.1 Å². The lowest BCUT2D eigenvalue weighted by atomic mass is 9.83. The Hall–Kier alpha value is -3.44. The van der Waals surface area contributed by atoms with Crippen molar-refractivity contribution in [2.75, 3.05) is 39.5 Å². The summed E-state index contributed by atoms with van der Waals surface area (Å²) in [7, 11) is 0. The smallest absolute Gasteiger partial charge is 0.354 e. The van der Waals surface area contributed by atoms with E-state index in [4.69, 9.17) is 31.2 Å². The maximum Gasteiger partial charge on any atom is 0.354 e. The van der Waals surface area contributed by atoms with E-state index in [0.717, 1.165) is 81.8 Å². The van der Waals surface area contributed by atoms with Gasteiger partial charge >= 0.3 is 11.9 Å². The normalized spacial score (nSPS) is 14.5. The van der Waals surface area contributed by atoms with Crippen LogP contribution in [0, 0.1) is 5.92 Å². The first-order chi connectivity index (χ1) is 23.2. The number of rotatable bonds is 18. The second-order valence-electron chi connectivity index (χ2n) is 11.3. The van der Waals surface area contributed by atoms with Gasteiger partial charge in [-0.05, 0) is 119 Å². The number of aromatic carboxylic acids is 2. The van der Waals surface area contributed by atoms with Gasteiger partial charge in [-0.25, -0.2) is 19.6 Å². The molecule has 48 heavy (non-hydrogen) atoms. The van der Waals surface area contributed by atoms with E-state index in [2.05, 4.69) is 36.5 Å². The summed E-state index contributed by atoms with van der Waals surface area (Å²) in [5, 5.41) is 17.9. The Morgan fingerprint density at radius 2 is 1.33 bits per heavy atom. The molecular weight excluding hydrogens is 608 g/mol. The molecule has 2 aromatic rings. The molecule has 0 amide bonds. The monoisotopic (exact) mass is 670 g/mol. The molecule has 0 bridgehead atoms. The average Bonchev–Trinajstić information content (AvgIpc) is 3.10. The van der Waals surface area contributed by atoms with Crippen molar-refractivity contribution in [1.29, 1.82) is 0 Å². The molecule has 1 unspecified atom stereocenters. The molecule has 3 rings (SSSR count). The van der Waals surface area contributed by atoms with Crippen LogP contribution in [-0.4, -0.2) is 71.6 Å². The lowest BCUT2D eigenvalue weighted by Gasteiger charge is -2.22. The van der Waals surface area contributed by atoms with Crippen molar-refractivity contribution >= 4 is 11.9 Å². The highest BCUT2D eigenvalue weighted by Gasteiger charge is 2.15. The zero-order chi connectivity index (χ0) is 36.0. The van der Waals surface area contributed by atoms with Crippen LogP contribution in [0.3, 0.4) is 0 Å². The van der Waals surface area contributed by atoms with Crippen LogP contribution in [0.25, 0.3) is 0 Å². The Bertz CT molecular complexity index is 1120. The van der Waals surface area contributed by atoms with Crippen molar-refractivity contribution in [2.24, 2.45) is 17.4 Å². The highest BCUT2D eigenvalue weighted by atomic mass is 16.5. The standard InChI is InChI=1S/C22H28N2O6.C11H19N.C3H9N.C2H6/c25-21(26)19-11-5-9-17(23-19)7-1-3-13-29-15-16-30-14-4-2-8-18-10-6-12-20(24-18)22(27)28;1-9-5-6-10(2)11(8-9)4-3-7-12;1-2-3-4;1-2/h5-6,9-12H,1-4,7-8,13-16H2,(H,25,26)(H,27,28);4,9H,2-3,5-8,12H2,1H3;2-4H2,1H3;1-2H3/b;11-4+;;. The van der Waals surface area contributed by atoms with Crippen molar-refractivity contribution in [1.82, 2.24) is 9.97 Å². The second-order valence-corrected chi connectivity index (χ2v) is 11.3. The fraction of sp³-hybridized carbons (Fsp3) is 0.579. The SMILES string of the molecule is C=C1CCC(C)C/C1=C\CCN.CC.CCCN.O=C(O)c1cccc(CCCCOCCOCCCCc2cccc(C(=O)O)n2)n1. The number of hydrogen-bond donors (Lipinski definition) is 4. The van der Waals surface area contributed by atoms with Gasteiger partial charge in [0.25, 0.3) is 0 Å². The molecular formula is C38H62N4O6. The third-order valence-corrected chi connectivity index (χ3v) is 7.17. The van der Waals surface area contributed by atoms with Gasteiger partial charge < -0.3 is 31.2 Å². The molecule has 10 nitrogen and oxygen atoms in total. The van der Waals surface area contributed by atoms with E-state index < -0.39 is 11.9 Å². The number of unbranched alkanes of at least 4 members (excludes halogenated alkanes) is 2. The topological polar surface area (TPSA) is 171 Å². The number of aromatic nitrogens is 2. The number of nitrogens with zero attached hydrogens (tertiary/aromatic N) is 2. The molecule has 0 radical (unpaired) electrons. The fourth-order valence-corrected chi connectivity index (χ4v) is 4.51. The van der Waals surface area contributed by atoms with E-state index in [1.807, 2.05) is 26.0 Å². The lowest BCUT2D eigenvalue weighted by molar-refractivity contribution is 0.0451. The Kier molecular flexibility index (Phi) is 27.6. The average molecular weight is 671 g/mol. The summed E-state index contributed by atoms with van der Waals surface area (Å²) in [6.07, 6.45) is 13.0. The molecule has 0 saturated heterocycles. The molecule has 0 aromatic carbocycles. The molecule has 1 fully saturated rings. The number of carboxylic acids is 2. The number of allylic oxidation sites excluding steroid dienone is 2. The maximum atomic E-state index is 10.9. The van der Waals surface area contributed by atoms with Crippen molar-refractivity contribution in [2.45, 2.75) is 98.3 Å². The molecule has 270 valence electrons. The number of carbonyl (C=O) groups is 2. The quantitative estimate of drug-likeness (QED) is 0.118. The van der Waals surface area contributed by atoms with Gasteiger partial charge in [0.15, 0.2) is 0 Å². The molecule has 1 aliphatic rings. The van der Waals surface area contributed by atoms with Crippen molar-refractivity contribution < 1.29 is 29.3 Å². The van der Waals surface area contributed by atoms with E-state index in [9.17, 15) is 9.59 Å². The van der Waals surface area contributed by atoms with E-state index in [1.54, 1.807) is 12.1 Å². The Morgan fingerprint density at radius 3 is 1.75 bits per heavy atom. The number of carboxylic acid groups (broad SMARTS) is 2. The summed E-state index contributed by atoms with van der Waals surface area (Å²) < 4.78 is 11.1. The third-order valence-electron chi connectivity index (χ3n) is 7.17. The van der Waals surface area contributed by atoms with Crippen LogP contribution >= 0.6 is 0 Å². The number of nitrogens with two attached hydrogens (primary N) is 2. The molecule has 0 aliphatic heterocycles. The Balaban J connectivity index is 0.00000101. The first-order valence-electron chi connectivity index (χ1n) is 17.5. The molecule has 1 aliphatic carbocycles. The van der Waals surface area contributed by atoms with E-state index >= 15 is 0 Å². The Labute approximate surface area is 289 Å². The van der Waals surface area contributed by atoms with E-state index in [1.165, 1.54) is 42.5 Å². The van der Waals surface area contributed by atoms with Crippen LogP contribution in [0.2, 0.25) is 0 Å². The predicted octanol–water partition coefficient (Wildman–Crippen LogP) is 7.27. The summed E-state index contributed by atoms with van der Waals surface area (Å²) >= 11 is 0. The van der Waals surface area contributed by atoms with Crippen LogP contribution in [0.4, 0.5) is 0 Å². The zero-order valence-corrected chi connectivity index (χ0v) is 29.9. The third kappa shape index (κ3) is 22.2. The van der Waals surface area contributed by atoms with Gasteiger partial charge in [0.1, 0.15) is 11.4 Å². The zero-order valence-electron chi connectivity index (χ0n) is 29.9. The van der Waals surface area contributed by atoms with Gasteiger partial charge in [0.05, 0.1) is 13.2 Å². The molecule has 2 heterocycles. The first kappa shape index (κ1) is 44.6. The van der Waals surface area contributed by atoms with Gasteiger partial charge in [0.2, 0.25) is 0 Å². The first-order valence-corrected chi connectivity index (χ1v) is 17.5. The highest BCUT2D eigenvalue weighted by molar-refractivity contribution is 5.85. The lowest BCUT2D eigenvalue weighted by Crippen LogP contribution is -2.07. The summed E-state index contributed by atoms with van der Waals surface area (Å²) in [5.41, 5.74) is 15.0. The number of hydrogen-bond acceptors (Lipinski definition) is 8. The van der Waals surface area contributed by atoms with Crippen LogP contribution in [0.5, 0.6) is 0 Å². The largest absolute Gasteiger partial charge is 0.477 e. The van der Waals surface area contributed by atoms with E-state index in [0.29, 0.717) is 26.4 Å². The number of pyridine rings is 2. The highest BCUT2D eigenvalue weighted by Crippen LogP contribution is 2.31.